The maximum absolute atomic E-state index is 11.8. The Bertz CT molecular complexity index is 444. The molecule has 0 aliphatic rings. The number of hydrogen-bond donors (Lipinski definition) is 2. The minimum Gasteiger partial charge on any atom is -0.395 e. The predicted molar refractivity (Wildman–Crippen MR) is 86.2 cm³/mol. The van der Waals surface area contributed by atoms with Crippen molar-refractivity contribution in [2.24, 2.45) is 0 Å². The van der Waals surface area contributed by atoms with Gasteiger partial charge in [-0.3, -0.25) is 0 Å². The molecule has 1 aromatic rings. The number of likely N-dealkylation sites (N-methyl/N-ethyl adjacent to an activating group) is 1. The van der Waals surface area contributed by atoms with Gasteiger partial charge in [0.2, 0.25) is 0 Å². The number of amides is 2. The molecular weight excluding hydrogens is 272 g/mol. The van der Waals surface area contributed by atoms with Gasteiger partial charge in [-0.2, -0.15) is 11.8 Å². The fraction of sp³-hybridized carbons (Fsp3) is 0.533. The second kappa shape index (κ2) is 7.55. The summed E-state index contributed by atoms with van der Waals surface area (Å²) < 4.78 is 0.223. The van der Waals surface area contributed by atoms with E-state index >= 15 is 0 Å². The predicted octanol–water partition coefficient (Wildman–Crippen LogP) is 3.17. The smallest absolute Gasteiger partial charge is 0.321 e. The van der Waals surface area contributed by atoms with Crippen molar-refractivity contribution in [1.82, 2.24) is 4.90 Å². The third-order valence-corrected chi connectivity index (χ3v) is 3.98. The summed E-state index contributed by atoms with van der Waals surface area (Å²) in [5.41, 5.74) is 1.97. The van der Waals surface area contributed by atoms with Crippen LogP contribution in [-0.2, 0) is 5.75 Å². The summed E-state index contributed by atoms with van der Waals surface area (Å²) in [4.78, 5) is 13.3. The third-order valence-electron chi connectivity index (χ3n) is 2.63. The minimum atomic E-state index is -0.209. The average Bonchev–Trinajstić information content (AvgIpc) is 2.36. The summed E-state index contributed by atoms with van der Waals surface area (Å²) in [6.45, 7) is 6.85. The molecule has 0 aliphatic heterocycles. The monoisotopic (exact) mass is 296 g/mol. The van der Waals surface area contributed by atoms with Crippen molar-refractivity contribution in [2.45, 2.75) is 31.3 Å². The van der Waals surface area contributed by atoms with Gasteiger partial charge in [-0.1, -0.05) is 32.9 Å². The van der Waals surface area contributed by atoms with Gasteiger partial charge in [0.25, 0.3) is 0 Å². The number of rotatable bonds is 5. The van der Waals surface area contributed by atoms with E-state index in [4.69, 9.17) is 5.11 Å². The molecule has 2 N–H and O–H groups in total. The first-order valence-corrected chi connectivity index (χ1v) is 7.66. The molecule has 4 nitrogen and oxygen atoms in total. The van der Waals surface area contributed by atoms with Gasteiger partial charge in [0.05, 0.1) is 6.61 Å². The standard InChI is InChI=1S/C15H24N2O2S/c1-15(2,3)20-11-12-6-5-7-13(10-12)16-14(19)17(4)8-9-18/h5-7,10,18H,8-9,11H2,1-4H3,(H,16,19). The first kappa shape index (κ1) is 16.9. The Balaban J connectivity index is 2.62. The van der Waals surface area contributed by atoms with Crippen LogP contribution in [-0.4, -0.2) is 41.0 Å². The Hall–Kier alpha value is -1.20. The van der Waals surface area contributed by atoms with Crippen LogP contribution in [0.25, 0.3) is 0 Å². The molecule has 5 heteroatoms. The molecule has 0 aliphatic carbocycles. The molecule has 1 aromatic carbocycles. The van der Waals surface area contributed by atoms with Crippen molar-refractivity contribution >= 4 is 23.5 Å². The van der Waals surface area contributed by atoms with Crippen LogP contribution in [0.4, 0.5) is 10.5 Å². The van der Waals surface area contributed by atoms with E-state index in [1.807, 2.05) is 30.0 Å². The van der Waals surface area contributed by atoms with E-state index in [0.717, 1.165) is 11.4 Å². The summed E-state index contributed by atoms with van der Waals surface area (Å²) in [7, 11) is 1.66. The van der Waals surface area contributed by atoms with Gasteiger partial charge in [-0.25, -0.2) is 4.79 Å². The zero-order chi connectivity index (χ0) is 15.2. The molecule has 0 heterocycles. The second-order valence-corrected chi connectivity index (χ2v) is 7.48. The van der Waals surface area contributed by atoms with Gasteiger partial charge < -0.3 is 15.3 Å². The van der Waals surface area contributed by atoms with Gasteiger partial charge >= 0.3 is 6.03 Å². The lowest BCUT2D eigenvalue weighted by atomic mass is 10.2. The molecule has 2 amide bonds. The highest BCUT2D eigenvalue weighted by molar-refractivity contribution is 7.99. The maximum atomic E-state index is 11.8. The maximum Gasteiger partial charge on any atom is 0.321 e. The van der Waals surface area contributed by atoms with Crippen molar-refractivity contribution in [3.63, 3.8) is 0 Å². The van der Waals surface area contributed by atoms with Gasteiger partial charge in [-0.05, 0) is 17.7 Å². The van der Waals surface area contributed by atoms with E-state index in [9.17, 15) is 4.79 Å². The van der Waals surface area contributed by atoms with Crippen LogP contribution in [0.2, 0.25) is 0 Å². The molecule has 0 unspecified atom stereocenters. The highest BCUT2D eigenvalue weighted by Crippen LogP contribution is 2.27. The number of nitrogens with one attached hydrogen (secondary N) is 1. The van der Waals surface area contributed by atoms with Crippen molar-refractivity contribution in [3.8, 4) is 0 Å². The van der Waals surface area contributed by atoms with Crippen molar-refractivity contribution in [2.75, 3.05) is 25.5 Å². The highest BCUT2D eigenvalue weighted by Gasteiger charge is 2.11. The van der Waals surface area contributed by atoms with E-state index in [1.54, 1.807) is 7.05 Å². The lowest BCUT2D eigenvalue weighted by Gasteiger charge is -2.18. The summed E-state index contributed by atoms with van der Waals surface area (Å²) in [6.07, 6.45) is 0. The number of anilines is 1. The third kappa shape index (κ3) is 6.30. The fourth-order valence-electron chi connectivity index (χ4n) is 1.51. The molecule has 0 radical (unpaired) electrons. The van der Waals surface area contributed by atoms with E-state index in [1.165, 1.54) is 10.5 Å². The molecule has 0 saturated heterocycles. The van der Waals surface area contributed by atoms with Crippen LogP contribution in [0.3, 0.4) is 0 Å². The number of nitrogens with zero attached hydrogens (tertiary/aromatic N) is 1. The fourth-order valence-corrected chi connectivity index (χ4v) is 2.29. The van der Waals surface area contributed by atoms with E-state index in [2.05, 4.69) is 32.2 Å². The quantitative estimate of drug-likeness (QED) is 0.877. The van der Waals surface area contributed by atoms with Crippen LogP contribution in [0.5, 0.6) is 0 Å². The summed E-state index contributed by atoms with van der Waals surface area (Å²) in [5.74, 6) is 0.916. The molecule has 20 heavy (non-hydrogen) atoms. The van der Waals surface area contributed by atoms with E-state index in [0.29, 0.717) is 6.54 Å². The number of thioether (sulfide) groups is 1. The van der Waals surface area contributed by atoms with Gasteiger partial charge in [0.1, 0.15) is 0 Å². The van der Waals surface area contributed by atoms with Crippen LogP contribution >= 0.6 is 11.8 Å². The zero-order valence-corrected chi connectivity index (χ0v) is 13.5. The number of aliphatic hydroxyl groups excluding tert-OH is 1. The topological polar surface area (TPSA) is 52.6 Å². The van der Waals surface area contributed by atoms with E-state index < -0.39 is 0 Å². The minimum absolute atomic E-state index is 0.0355. The van der Waals surface area contributed by atoms with Gasteiger partial charge in [0, 0.05) is 29.8 Å². The first-order valence-electron chi connectivity index (χ1n) is 6.68. The molecule has 1 rings (SSSR count). The lowest BCUT2D eigenvalue weighted by Crippen LogP contribution is -2.33. The highest BCUT2D eigenvalue weighted by atomic mass is 32.2. The Morgan fingerprint density at radius 3 is 2.70 bits per heavy atom. The van der Waals surface area contributed by atoms with Crippen LogP contribution < -0.4 is 5.32 Å². The number of benzene rings is 1. The average molecular weight is 296 g/mol. The number of hydrogen-bond acceptors (Lipinski definition) is 3. The summed E-state index contributed by atoms with van der Waals surface area (Å²) in [5, 5.41) is 11.6. The SMILES string of the molecule is CN(CCO)C(=O)Nc1cccc(CSC(C)(C)C)c1. The van der Waals surface area contributed by atoms with Gasteiger partial charge in [-0.15, -0.1) is 0 Å². The number of carbonyl (C=O) groups is 1. The second-order valence-electron chi connectivity index (χ2n) is 5.68. The Morgan fingerprint density at radius 1 is 1.40 bits per heavy atom. The Kier molecular flexibility index (Phi) is 6.36. The summed E-state index contributed by atoms with van der Waals surface area (Å²) in [6, 6.07) is 7.66. The lowest BCUT2D eigenvalue weighted by molar-refractivity contribution is 0.202. The van der Waals surface area contributed by atoms with Crippen molar-refractivity contribution in [1.29, 1.82) is 0 Å². The number of urea groups is 1. The molecule has 0 atom stereocenters. The van der Waals surface area contributed by atoms with Crippen molar-refractivity contribution < 1.29 is 9.90 Å². The molecule has 112 valence electrons. The normalized spacial score (nSPS) is 11.2. The molecule has 0 saturated carbocycles. The number of aliphatic hydroxyl groups is 1. The molecule has 0 aromatic heterocycles. The molecule has 0 spiro atoms. The Morgan fingerprint density at radius 2 is 2.10 bits per heavy atom. The van der Waals surface area contributed by atoms with Gasteiger partial charge in [0.15, 0.2) is 0 Å². The van der Waals surface area contributed by atoms with Crippen molar-refractivity contribution in [3.05, 3.63) is 29.8 Å². The van der Waals surface area contributed by atoms with E-state index in [-0.39, 0.29) is 17.4 Å². The Labute approximate surface area is 125 Å². The molecule has 0 fully saturated rings. The largest absolute Gasteiger partial charge is 0.395 e. The first-order chi connectivity index (χ1) is 9.31. The molecular formula is C15H24N2O2S. The van der Waals surface area contributed by atoms with Crippen LogP contribution in [0.1, 0.15) is 26.3 Å². The number of carbonyl (C=O) groups excluding carboxylic acids is 1. The zero-order valence-electron chi connectivity index (χ0n) is 12.6. The van der Waals surface area contributed by atoms with Crippen LogP contribution in [0.15, 0.2) is 24.3 Å². The summed E-state index contributed by atoms with van der Waals surface area (Å²) >= 11 is 1.87. The van der Waals surface area contributed by atoms with Crippen LogP contribution in [0, 0.1) is 0 Å². The molecule has 0 bridgehead atoms.